The molecule has 3 nitrogen and oxygen atoms in total. The molecule has 0 saturated heterocycles. The van der Waals surface area contributed by atoms with Gasteiger partial charge < -0.3 is 0 Å². The lowest BCUT2D eigenvalue weighted by atomic mass is 9.90. The van der Waals surface area contributed by atoms with Gasteiger partial charge in [0.1, 0.15) is 0 Å². The summed E-state index contributed by atoms with van der Waals surface area (Å²) in [4.78, 5) is 15.1. The van der Waals surface area contributed by atoms with Gasteiger partial charge in [-0.25, -0.2) is 15.0 Å². The third kappa shape index (κ3) is 6.31. The highest BCUT2D eigenvalue weighted by Crippen LogP contribution is 2.39. The number of fused-ring (bicyclic) bond motifs is 2. The number of hydrogen-bond acceptors (Lipinski definition) is 3. The van der Waals surface area contributed by atoms with Crippen LogP contribution in [0.3, 0.4) is 0 Å². The molecule has 10 aromatic rings. The molecule has 0 unspecified atom stereocenters. The summed E-state index contributed by atoms with van der Waals surface area (Å²) in [5.74, 6) is 1.93. The fourth-order valence-electron chi connectivity index (χ4n) is 7.75. The smallest absolute Gasteiger partial charge is 0.164 e. The Balaban J connectivity index is 1.03. The summed E-state index contributed by atoms with van der Waals surface area (Å²) in [6.45, 7) is 0. The highest BCUT2D eigenvalue weighted by Gasteiger charge is 2.18. The highest BCUT2D eigenvalue weighted by molar-refractivity contribution is 5.98. The minimum absolute atomic E-state index is 0.638. The van der Waals surface area contributed by atoms with Gasteiger partial charge in [0.2, 0.25) is 0 Å². The molecule has 56 heavy (non-hydrogen) atoms. The molecule has 0 amide bonds. The number of hydrogen-bond donors (Lipinski definition) is 0. The molecule has 9 aromatic carbocycles. The number of benzene rings is 9. The topological polar surface area (TPSA) is 38.7 Å². The second-order valence-electron chi connectivity index (χ2n) is 14.0. The number of aromatic nitrogens is 3. The Bertz CT molecular complexity index is 2960. The van der Waals surface area contributed by atoms with Crippen molar-refractivity contribution in [2.24, 2.45) is 0 Å². The average molecular weight is 714 g/mol. The van der Waals surface area contributed by atoms with Gasteiger partial charge in [-0.1, -0.05) is 194 Å². The summed E-state index contributed by atoms with van der Waals surface area (Å²) in [7, 11) is 0. The summed E-state index contributed by atoms with van der Waals surface area (Å²) >= 11 is 0. The summed E-state index contributed by atoms with van der Waals surface area (Å²) in [6.07, 6.45) is 0. The van der Waals surface area contributed by atoms with Crippen molar-refractivity contribution in [2.75, 3.05) is 0 Å². The standard InChI is InChI=1S/C53H35N3/c1-3-16-37(17-4-1)51-54-52(38-18-5-2-6-19-38)56-53(55-51)50-27-12-11-26-49(50)48-25-10-9-24-47(48)44-32-31-41-33-40(29-30-42(41)35-44)39-21-13-22-43(34-39)46-28-14-20-36-15-7-8-23-45(36)46/h1-35H. The SMILES string of the molecule is c1ccc(-c2nc(-c3ccccc3)nc(-c3ccccc3-c3ccccc3-c3ccc4cc(-c5cccc(-c6cccc7ccccc67)c5)ccc4c3)n2)cc1. The minimum Gasteiger partial charge on any atom is -0.208 e. The van der Waals surface area contributed by atoms with Crippen molar-refractivity contribution in [3.05, 3.63) is 212 Å². The molecule has 0 aliphatic rings. The van der Waals surface area contributed by atoms with E-state index in [-0.39, 0.29) is 0 Å². The quantitative estimate of drug-likeness (QED) is 0.165. The van der Waals surface area contributed by atoms with E-state index >= 15 is 0 Å². The fourth-order valence-corrected chi connectivity index (χ4v) is 7.75. The second kappa shape index (κ2) is 14.4. The lowest BCUT2D eigenvalue weighted by molar-refractivity contribution is 1.07. The van der Waals surface area contributed by atoms with Crippen LogP contribution in [0.2, 0.25) is 0 Å². The van der Waals surface area contributed by atoms with Gasteiger partial charge in [-0.2, -0.15) is 0 Å². The minimum atomic E-state index is 0.638. The van der Waals surface area contributed by atoms with Gasteiger partial charge in [-0.3, -0.25) is 0 Å². The summed E-state index contributed by atoms with van der Waals surface area (Å²) in [5, 5.41) is 4.91. The maximum Gasteiger partial charge on any atom is 0.164 e. The number of nitrogens with zero attached hydrogens (tertiary/aromatic N) is 3. The molecule has 0 aliphatic carbocycles. The fraction of sp³-hybridized carbons (Fsp3) is 0. The molecule has 0 bridgehead atoms. The van der Waals surface area contributed by atoms with Gasteiger partial charge in [0.05, 0.1) is 0 Å². The van der Waals surface area contributed by atoms with Crippen molar-refractivity contribution in [3.8, 4) is 78.7 Å². The molecular weight excluding hydrogens is 679 g/mol. The first-order valence-corrected chi connectivity index (χ1v) is 18.9. The van der Waals surface area contributed by atoms with Crippen LogP contribution in [0.25, 0.3) is 100 Å². The van der Waals surface area contributed by atoms with E-state index in [1.807, 2.05) is 60.7 Å². The molecule has 0 radical (unpaired) electrons. The van der Waals surface area contributed by atoms with Crippen LogP contribution in [0.1, 0.15) is 0 Å². The van der Waals surface area contributed by atoms with Gasteiger partial charge >= 0.3 is 0 Å². The molecule has 3 heteroatoms. The van der Waals surface area contributed by atoms with E-state index in [0.717, 1.165) is 38.9 Å². The highest BCUT2D eigenvalue weighted by atomic mass is 15.0. The normalized spacial score (nSPS) is 11.2. The molecule has 10 rings (SSSR count). The van der Waals surface area contributed by atoms with Crippen LogP contribution in [0.5, 0.6) is 0 Å². The van der Waals surface area contributed by atoms with Crippen LogP contribution in [0.4, 0.5) is 0 Å². The largest absolute Gasteiger partial charge is 0.208 e. The van der Waals surface area contributed by atoms with Crippen LogP contribution in [0, 0.1) is 0 Å². The van der Waals surface area contributed by atoms with E-state index in [0.29, 0.717) is 17.5 Å². The van der Waals surface area contributed by atoms with Crippen LogP contribution in [-0.2, 0) is 0 Å². The first-order chi connectivity index (χ1) is 27.7. The Hall–Kier alpha value is -7.49. The van der Waals surface area contributed by atoms with E-state index in [1.165, 1.54) is 43.8 Å². The maximum atomic E-state index is 5.08. The summed E-state index contributed by atoms with van der Waals surface area (Å²) < 4.78 is 0. The van der Waals surface area contributed by atoms with Crippen LogP contribution >= 0.6 is 0 Å². The zero-order chi connectivity index (χ0) is 37.3. The lowest BCUT2D eigenvalue weighted by Crippen LogP contribution is -2.01. The van der Waals surface area contributed by atoms with Crippen molar-refractivity contribution in [2.45, 2.75) is 0 Å². The average Bonchev–Trinajstić information content (AvgIpc) is 3.29. The summed E-state index contributed by atoms with van der Waals surface area (Å²) in [6, 6.07) is 74.9. The molecule has 0 N–H and O–H groups in total. The Morgan fingerprint density at radius 2 is 0.643 bits per heavy atom. The van der Waals surface area contributed by atoms with Crippen molar-refractivity contribution in [3.63, 3.8) is 0 Å². The first kappa shape index (κ1) is 33.1. The maximum absolute atomic E-state index is 5.08. The zero-order valence-electron chi connectivity index (χ0n) is 30.5. The van der Waals surface area contributed by atoms with E-state index in [9.17, 15) is 0 Å². The van der Waals surface area contributed by atoms with Crippen LogP contribution in [0.15, 0.2) is 212 Å². The van der Waals surface area contributed by atoms with Crippen molar-refractivity contribution < 1.29 is 0 Å². The molecule has 0 spiro atoms. The predicted molar refractivity (Wildman–Crippen MR) is 233 cm³/mol. The zero-order valence-corrected chi connectivity index (χ0v) is 30.5. The van der Waals surface area contributed by atoms with Gasteiger partial charge in [-0.05, 0) is 84.3 Å². The molecule has 0 fully saturated rings. The van der Waals surface area contributed by atoms with Gasteiger partial charge in [0, 0.05) is 16.7 Å². The van der Waals surface area contributed by atoms with Gasteiger partial charge in [0.25, 0.3) is 0 Å². The van der Waals surface area contributed by atoms with E-state index in [4.69, 9.17) is 15.0 Å². The van der Waals surface area contributed by atoms with Crippen molar-refractivity contribution >= 4 is 21.5 Å². The third-order valence-electron chi connectivity index (χ3n) is 10.5. The molecule has 1 heterocycles. The Morgan fingerprint density at radius 3 is 1.36 bits per heavy atom. The third-order valence-corrected chi connectivity index (χ3v) is 10.5. The Kier molecular flexibility index (Phi) is 8.51. The van der Waals surface area contributed by atoms with E-state index < -0.39 is 0 Å². The van der Waals surface area contributed by atoms with E-state index in [2.05, 4.69) is 152 Å². The second-order valence-corrected chi connectivity index (χ2v) is 14.0. The van der Waals surface area contributed by atoms with Crippen molar-refractivity contribution in [1.29, 1.82) is 0 Å². The molecule has 1 aromatic heterocycles. The molecule has 262 valence electrons. The Labute approximate surface area is 326 Å². The summed E-state index contributed by atoms with van der Waals surface area (Å²) in [5.41, 5.74) is 12.2. The molecule has 0 saturated carbocycles. The van der Waals surface area contributed by atoms with Crippen LogP contribution < -0.4 is 0 Å². The Morgan fingerprint density at radius 1 is 0.214 bits per heavy atom. The monoisotopic (exact) mass is 713 g/mol. The first-order valence-electron chi connectivity index (χ1n) is 18.9. The van der Waals surface area contributed by atoms with Gasteiger partial charge in [0.15, 0.2) is 17.5 Å². The molecule has 0 atom stereocenters. The van der Waals surface area contributed by atoms with Gasteiger partial charge in [-0.15, -0.1) is 0 Å². The van der Waals surface area contributed by atoms with E-state index in [1.54, 1.807) is 0 Å². The predicted octanol–water partition coefficient (Wildman–Crippen LogP) is 13.8. The van der Waals surface area contributed by atoms with Crippen LogP contribution in [-0.4, -0.2) is 15.0 Å². The lowest BCUT2D eigenvalue weighted by Gasteiger charge is -2.15. The number of rotatable bonds is 7. The van der Waals surface area contributed by atoms with Crippen molar-refractivity contribution in [1.82, 2.24) is 15.0 Å². The molecular formula is C53H35N3. The molecule has 0 aliphatic heterocycles.